The Labute approximate surface area is 253 Å². The molecule has 0 aliphatic heterocycles. The van der Waals surface area contributed by atoms with Crippen molar-refractivity contribution in [3.8, 4) is 0 Å². The number of amides is 1. The zero-order chi connectivity index (χ0) is 29.5. The zero-order valence-corrected chi connectivity index (χ0v) is 25.2. The lowest BCUT2D eigenvalue weighted by molar-refractivity contribution is -0.132. The summed E-state index contributed by atoms with van der Waals surface area (Å²) in [6.45, 7) is 5.44. The lowest BCUT2D eigenvalue weighted by Gasteiger charge is -2.27. The predicted octanol–water partition coefficient (Wildman–Crippen LogP) is 6.94. The van der Waals surface area contributed by atoms with Gasteiger partial charge in [-0.15, -0.1) is 0 Å². The van der Waals surface area contributed by atoms with Gasteiger partial charge >= 0.3 is 5.63 Å². The number of carbonyl (C=O) groups is 1. The van der Waals surface area contributed by atoms with Gasteiger partial charge in [-0.25, -0.2) is 4.79 Å². The summed E-state index contributed by atoms with van der Waals surface area (Å²) in [5.74, 6) is -0.106. The lowest BCUT2D eigenvalue weighted by Crippen LogP contribution is -2.44. The molecule has 0 aliphatic rings. The van der Waals surface area contributed by atoms with E-state index in [-0.39, 0.29) is 11.9 Å². The summed E-state index contributed by atoms with van der Waals surface area (Å²) in [6.07, 6.45) is 0.400. The van der Waals surface area contributed by atoms with E-state index in [0.29, 0.717) is 41.4 Å². The van der Waals surface area contributed by atoms with E-state index in [0.717, 1.165) is 27.9 Å². The Hall–Kier alpha value is -4.43. The van der Waals surface area contributed by atoms with Crippen molar-refractivity contribution in [2.45, 2.75) is 39.4 Å². The minimum Gasteiger partial charge on any atom is -0.389 e. The van der Waals surface area contributed by atoms with Crippen molar-refractivity contribution < 1.29 is 9.21 Å². The van der Waals surface area contributed by atoms with Crippen molar-refractivity contribution in [1.29, 1.82) is 0 Å². The minimum absolute atomic E-state index is 0.00244. The molecule has 0 saturated carbocycles. The van der Waals surface area contributed by atoms with Gasteiger partial charge in [0.2, 0.25) is 5.91 Å². The van der Waals surface area contributed by atoms with Crippen LogP contribution in [-0.2, 0) is 24.3 Å². The predicted molar refractivity (Wildman–Crippen MR) is 172 cm³/mol. The number of carbonyl (C=O) groups excluding carboxylic acids is 1. The van der Waals surface area contributed by atoms with Crippen LogP contribution in [0.5, 0.6) is 0 Å². The lowest BCUT2D eigenvalue weighted by atomic mass is 10.0. The van der Waals surface area contributed by atoms with Crippen LogP contribution in [0.15, 0.2) is 111 Å². The number of rotatable bonds is 11. The van der Waals surface area contributed by atoms with Crippen LogP contribution in [0.2, 0.25) is 0 Å². The molecular formula is C34H33BrN4O3. The molecule has 0 unspecified atom stereocenters. The van der Waals surface area contributed by atoms with Crippen LogP contribution < -0.4 is 16.3 Å². The van der Waals surface area contributed by atoms with Gasteiger partial charge in [0, 0.05) is 36.2 Å². The van der Waals surface area contributed by atoms with Crippen LogP contribution in [0.25, 0.3) is 10.9 Å². The average Bonchev–Trinajstić information content (AvgIpc) is 3.01. The van der Waals surface area contributed by atoms with E-state index in [9.17, 15) is 9.59 Å². The van der Waals surface area contributed by atoms with Gasteiger partial charge < -0.3 is 20.0 Å². The van der Waals surface area contributed by atoms with Crippen LogP contribution in [0.3, 0.4) is 0 Å². The highest BCUT2D eigenvalue weighted by molar-refractivity contribution is 9.10. The third-order valence-corrected chi connectivity index (χ3v) is 7.84. The van der Waals surface area contributed by atoms with Crippen LogP contribution in [0.1, 0.15) is 29.2 Å². The molecular weight excluding hydrogens is 592 g/mol. The molecule has 8 heteroatoms. The van der Waals surface area contributed by atoms with Gasteiger partial charge in [-0.3, -0.25) is 4.79 Å². The number of hydrogen-bond acceptors (Lipinski definition) is 6. The van der Waals surface area contributed by atoms with Crippen LogP contribution in [0, 0.1) is 6.92 Å². The summed E-state index contributed by atoms with van der Waals surface area (Å²) >= 11 is 3.61. The van der Waals surface area contributed by atoms with Crippen LogP contribution in [-0.4, -0.2) is 28.4 Å². The van der Waals surface area contributed by atoms with Crippen molar-refractivity contribution in [1.82, 2.24) is 9.88 Å². The molecule has 0 bridgehead atoms. The average molecular weight is 626 g/mol. The van der Waals surface area contributed by atoms with E-state index in [1.807, 2.05) is 111 Å². The molecule has 214 valence electrons. The van der Waals surface area contributed by atoms with Gasteiger partial charge in [-0.2, -0.15) is 4.98 Å². The number of benzene rings is 4. The van der Waals surface area contributed by atoms with E-state index in [2.05, 4.69) is 31.5 Å². The molecule has 5 rings (SSSR count). The highest BCUT2D eigenvalue weighted by Crippen LogP contribution is 2.31. The topological polar surface area (TPSA) is 87.5 Å². The van der Waals surface area contributed by atoms with Gasteiger partial charge in [0.1, 0.15) is 6.04 Å². The fourth-order valence-electron chi connectivity index (χ4n) is 4.96. The molecule has 2 N–H and O–H groups in total. The molecule has 1 aromatic heterocycles. The first kappa shape index (κ1) is 29.1. The van der Waals surface area contributed by atoms with Crippen molar-refractivity contribution >= 4 is 44.4 Å². The molecule has 42 heavy (non-hydrogen) atoms. The first-order chi connectivity index (χ1) is 20.4. The van der Waals surface area contributed by atoms with Crippen molar-refractivity contribution in [2.75, 3.05) is 17.2 Å². The quantitative estimate of drug-likeness (QED) is 0.165. The third kappa shape index (κ3) is 6.89. The smallest absolute Gasteiger partial charge is 0.348 e. The molecule has 5 aromatic rings. The third-order valence-electron chi connectivity index (χ3n) is 7.23. The Kier molecular flexibility index (Phi) is 9.34. The van der Waals surface area contributed by atoms with E-state index in [1.54, 1.807) is 4.90 Å². The molecule has 1 atom stereocenters. The minimum atomic E-state index is -0.698. The second kappa shape index (κ2) is 13.5. The van der Waals surface area contributed by atoms with Crippen LogP contribution >= 0.6 is 15.9 Å². The summed E-state index contributed by atoms with van der Waals surface area (Å²) in [5.41, 5.74) is 4.65. The largest absolute Gasteiger partial charge is 0.389 e. The molecule has 0 aliphatic carbocycles. The second-order valence-corrected chi connectivity index (χ2v) is 11.0. The normalized spacial score (nSPS) is 11.7. The Morgan fingerprint density at radius 2 is 1.52 bits per heavy atom. The van der Waals surface area contributed by atoms with E-state index >= 15 is 0 Å². The first-order valence-corrected chi connectivity index (χ1v) is 14.8. The van der Waals surface area contributed by atoms with E-state index in [1.165, 1.54) is 0 Å². The van der Waals surface area contributed by atoms with Gasteiger partial charge in [-0.05, 0) is 58.1 Å². The number of aromatic nitrogens is 1. The number of nitrogens with one attached hydrogen (secondary N) is 2. The molecule has 0 saturated heterocycles. The Balaban J connectivity index is 1.44. The summed E-state index contributed by atoms with van der Waals surface area (Å²) < 4.78 is 6.35. The Morgan fingerprint density at radius 1 is 0.929 bits per heavy atom. The number of halogens is 1. The summed E-state index contributed by atoms with van der Waals surface area (Å²) in [5, 5.41) is 6.96. The zero-order valence-electron chi connectivity index (χ0n) is 23.6. The van der Waals surface area contributed by atoms with Crippen LogP contribution in [0.4, 0.5) is 11.7 Å². The van der Waals surface area contributed by atoms with Gasteiger partial charge in [-0.1, -0.05) is 91.0 Å². The maximum atomic E-state index is 13.9. The van der Waals surface area contributed by atoms with E-state index < -0.39 is 11.7 Å². The number of hydrogen-bond donors (Lipinski definition) is 2. The first-order valence-electron chi connectivity index (χ1n) is 14.0. The molecule has 0 radical (unpaired) electrons. The Bertz CT molecular complexity index is 1710. The molecule has 4 aromatic carbocycles. The second-order valence-electron chi connectivity index (χ2n) is 10.1. The summed E-state index contributed by atoms with van der Waals surface area (Å²) in [7, 11) is 0. The summed E-state index contributed by atoms with van der Waals surface area (Å²) in [6, 6.07) is 30.9. The fraction of sp³-hybridized carbons (Fsp3) is 0.206. The summed E-state index contributed by atoms with van der Waals surface area (Å²) in [4.78, 5) is 33.7. The van der Waals surface area contributed by atoms with Crippen molar-refractivity contribution in [3.05, 3.63) is 134 Å². The standard InChI is InChI=1S/C34H33BrN4O3/c1-3-39(22-26-17-11-6-12-18-26)32(40)29(19-24-13-7-4-8-14-24)37-34-38-31-27(35)20-28(23(2)30(31)33(41)42-34)36-21-25-15-9-5-10-16-25/h4-18,20,29,36H,3,19,21-22H2,1-2H3,(H,37,38)/t29-/m0/s1. The number of anilines is 2. The molecule has 1 amide bonds. The van der Waals surface area contributed by atoms with Gasteiger partial charge in [0.05, 0.1) is 10.9 Å². The number of likely N-dealkylation sites (N-methyl/N-ethyl adjacent to an activating group) is 1. The molecule has 7 nitrogen and oxygen atoms in total. The molecule has 0 spiro atoms. The Morgan fingerprint density at radius 3 is 2.14 bits per heavy atom. The number of aryl methyl sites for hydroxylation is 1. The molecule has 1 heterocycles. The molecule has 0 fully saturated rings. The fourth-order valence-corrected chi connectivity index (χ4v) is 5.48. The van der Waals surface area contributed by atoms with Gasteiger partial charge in [0.15, 0.2) is 0 Å². The number of fused-ring (bicyclic) bond motifs is 1. The highest BCUT2D eigenvalue weighted by atomic mass is 79.9. The van der Waals surface area contributed by atoms with Crippen molar-refractivity contribution in [2.24, 2.45) is 0 Å². The maximum Gasteiger partial charge on any atom is 0.348 e. The SMILES string of the molecule is CCN(Cc1ccccc1)C(=O)[C@H](Cc1ccccc1)Nc1nc2c(Br)cc(NCc3ccccc3)c(C)c2c(=O)o1. The van der Waals surface area contributed by atoms with Gasteiger partial charge in [0.25, 0.3) is 6.01 Å². The van der Waals surface area contributed by atoms with E-state index in [4.69, 9.17) is 4.42 Å². The van der Waals surface area contributed by atoms with Crippen molar-refractivity contribution in [3.63, 3.8) is 0 Å². The highest BCUT2D eigenvalue weighted by Gasteiger charge is 2.26. The maximum absolute atomic E-state index is 13.9. The monoisotopic (exact) mass is 624 g/mol. The number of nitrogens with zero attached hydrogens (tertiary/aromatic N) is 2.